The first-order chi connectivity index (χ1) is 6.16. The van der Waals surface area contributed by atoms with E-state index in [1.54, 1.807) is 11.3 Å². The van der Waals surface area contributed by atoms with E-state index in [4.69, 9.17) is 0 Å². The van der Waals surface area contributed by atoms with E-state index in [1.807, 2.05) is 0 Å². The second-order valence-electron chi connectivity index (χ2n) is 3.31. The lowest BCUT2D eigenvalue weighted by Crippen LogP contribution is -2.29. The first-order valence-corrected chi connectivity index (χ1v) is 5.82. The van der Waals surface area contributed by atoms with Crippen LogP contribution in [0.15, 0.2) is 9.85 Å². The Morgan fingerprint density at radius 3 is 3.23 bits per heavy atom. The van der Waals surface area contributed by atoms with Crippen LogP contribution >= 0.6 is 27.3 Å². The molecule has 70 valence electrons. The maximum absolute atomic E-state index is 11.6. The summed E-state index contributed by atoms with van der Waals surface area (Å²) in [7, 11) is 0. The van der Waals surface area contributed by atoms with Crippen LogP contribution in [-0.4, -0.2) is 18.4 Å². The maximum Gasteiger partial charge on any atom is 0.186 e. The summed E-state index contributed by atoms with van der Waals surface area (Å²) in [6.45, 7) is 2.58. The van der Waals surface area contributed by atoms with Gasteiger partial charge >= 0.3 is 0 Å². The maximum atomic E-state index is 11.6. The molecule has 0 saturated heterocycles. The van der Waals surface area contributed by atoms with Gasteiger partial charge < -0.3 is 5.32 Å². The molecule has 1 atom stereocenters. The number of hydrogen-bond donors (Lipinski definition) is 1. The Labute approximate surface area is 89.5 Å². The minimum absolute atomic E-state index is 0.218. The SMILES string of the molecule is CC1Cc2cc(Br)sc2C(=O)CN1. The Morgan fingerprint density at radius 2 is 2.46 bits per heavy atom. The average Bonchev–Trinajstić information content (AvgIpc) is 2.37. The average molecular weight is 260 g/mol. The highest BCUT2D eigenvalue weighted by atomic mass is 79.9. The normalized spacial score (nSPS) is 22.6. The number of hydrogen-bond acceptors (Lipinski definition) is 3. The molecule has 1 aliphatic heterocycles. The number of rotatable bonds is 0. The Balaban J connectivity index is 2.42. The van der Waals surface area contributed by atoms with Gasteiger partial charge in [0, 0.05) is 6.04 Å². The van der Waals surface area contributed by atoms with Gasteiger partial charge in [-0.1, -0.05) is 0 Å². The minimum atomic E-state index is 0.218. The molecule has 1 aromatic rings. The number of halogens is 1. The monoisotopic (exact) mass is 259 g/mol. The molecule has 1 N–H and O–H groups in total. The van der Waals surface area contributed by atoms with Crippen LogP contribution in [0.2, 0.25) is 0 Å². The summed E-state index contributed by atoms with van der Waals surface area (Å²) in [4.78, 5) is 12.5. The predicted molar refractivity (Wildman–Crippen MR) is 57.5 cm³/mol. The molecule has 1 aliphatic rings. The van der Waals surface area contributed by atoms with Gasteiger partial charge in [-0.2, -0.15) is 0 Å². The van der Waals surface area contributed by atoms with Crippen LogP contribution < -0.4 is 5.32 Å². The highest BCUT2D eigenvalue weighted by Gasteiger charge is 2.21. The van der Waals surface area contributed by atoms with Crippen molar-refractivity contribution >= 4 is 33.0 Å². The van der Waals surface area contributed by atoms with E-state index in [0.29, 0.717) is 12.6 Å². The Bertz CT molecular complexity index is 347. The van der Waals surface area contributed by atoms with Crippen molar-refractivity contribution in [2.75, 3.05) is 6.54 Å². The molecular formula is C9H10BrNOS. The van der Waals surface area contributed by atoms with Gasteiger partial charge in [-0.25, -0.2) is 0 Å². The van der Waals surface area contributed by atoms with Crippen molar-refractivity contribution in [3.05, 3.63) is 20.3 Å². The van der Waals surface area contributed by atoms with Gasteiger partial charge in [0.1, 0.15) is 0 Å². The molecule has 0 bridgehead atoms. The number of ketones is 1. The molecule has 4 heteroatoms. The first-order valence-electron chi connectivity index (χ1n) is 4.21. The van der Waals surface area contributed by atoms with Crippen molar-refractivity contribution in [1.29, 1.82) is 0 Å². The van der Waals surface area contributed by atoms with Gasteiger partial charge in [0.2, 0.25) is 0 Å². The smallest absolute Gasteiger partial charge is 0.186 e. The van der Waals surface area contributed by atoms with E-state index in [0.717, 1.165) is 15.1 Å². The molecule has 2 heterocycles. The third-order valence-electron chi connectivity index (χ3n) is 2.17. The van der Waals surface area contributed by atoms with Crippen molar-refractivity contribution in [2.24, 2.45) is 0 Å². The zero-order valence-corrected chi connectivity index (χ0v) is 9.67. The van der Waals surface area contributed by atoms with Crippen molar-refractivity contribution < 1.29 is 4.79 Å². The third-order valence-corrected chi connectivity index (χ3v) is 3.89. The van der Waals surface area contributed by atoms with Crippen molar-refractivity contribution in [1.82, 2.24) is 5.32 Å². The molecule has 0 fully saturated rings. The van der Waals surface area contributed by atoms with Crippen LogP contribution in [0.3, 0.4) is 0 Å². The van der Waals surface area contributed by atoms with Crippen LogP contribution in [0.4, 0.5) is 0 Å². The van der Waals surface area contributed by atoms with Crippen molar-refractivity contribution in [3.63, 3.8) is 0 Å². The molecule has 1 aromatic heterocycles. The second-order valence-corrected chi connectivity index (χ2v) is 5.75. The first kappa shape index (κ1) is 9.37. The predicted octanol–water partition coefficient (Wildman–Crippen LogP) is 2.23. The van der Waals surface area contributed by atoms with E-state index in [9.17, 15) is 4.79 Å². The highest BCUT2D eigenvalue weighted by Crippen LogP contribution is 2.29. The van der Waals surface area contributed by atoms with E-state index >= 15 is 0 Å². The van der Waals surface area contributed by atoms with Crippen LogP contribution in [0.5, 0.6) is 0 Å². The molecule has 0 spiro atoms. The molecular weight excluding hydrogens is 250 g/mol. The number of Topliss-reactive ketones (excluding diaryl/α,β-unsaturated/α-hetero) is 1. The molecule has 0 saturated carbocycles. The number of carbonyl (C=O) groups excluding carboxylic acids is 1. The number of carbonyl (C=O) groups is 1. The fourth-order valence-corrected chi connectivity index (χ4v) is 3.15. The lowest BCUT2D eigenvalue weighted by Gasteiger charge is -2.06. The molecule has 13 heavy (non-hydrogen) atoms. The molecule has 1 unspecified atom stereocenters. The van der Waals surface area contributed by atoms with Gasteiger partial charge in [-0.3, -0.25) is 4.79 Å². The molecule has 0 aromatic carbocycles. The molecule has 0 aliphatic carbocycles. The van der Waals surface area contributed by atoms with Crippen LogP contribution in [-0.2, 0) is 6.42 Å². The molecule has 2 nitrogen and oxygen atoms in total. The lowest BCUT2D eigenvalue weighted by molar-refractivity contribution is 0.0995. The summed E-state index contributed by atoms with van der Waals surface area (Å²) in [6.07, 6.45) is 0.948. The summed E-state index contributed by atoms with van der Waals surface area (Å²) < 4.78 is 1.06. The topological polar surface area (TPSA) is 29.1 Å². The fraction of sp³-hybridized carbons (Fsp3) is 0.444. The summed E-state index contributed by atoms with van der Waals surface area (Å²) in [5, 5.41) is 3.19. The van der Waals surface area contributed by atoms with E-state index in [-0.39, 0.29) is 5.78 Å². The zero-order chi connectivity index (χ0) is 9.42. The molecule has 0 radical (unpaired) electrons. The Hall–Kier alpha value is -0.190. The third kappa shape index (κ3) is 1.85. The number of thiophene rings is 1. The quantitative estimate of drug-likeness (QED) is 0.775. The van der Waals surface area contributed by atoms with Gasteiger partial charge in [-0.15, -0.1) is 11.3 Å². The van der Waals surface area contributed by atoms with Gasteiger partial charge in [0.15, 0.2) is 5.78 Å². The van der Waals surface area contributed by atoms with Crippen molar-refractivity contribution in [2.45, 2.75) is 19.4 Å². The summed E-state index contributed by atoms with van der Waals surface area (Å²) in [5.74, 6) is 0.218. The lowest BCUT2D eigenvalue weighted by atomic mass is 10.1. The van der Waals surface area contributed by atoms with E-state index in [2.05, 4.69) is 34.2 Å². The highest BCUT2D eigenvalue weighted by molar-refractivity contribution is 9.11. The number of nitrogens with one attached hydrogen (secondary N) is 1. The molecule has 0 amide bonds. The summed E-state index contributed by atoms with van der Waals surface area (Å²) in [6, 6.07) is 2.45. The van der Waals surface area contributed by atoms with Crippen LogP contribution in [0.1, 0.15) is 22.2 Å². The second kappa shape index (κ2) is 3.52. The summed E-state index contributed by atoms with van der Waals surface area (Å²) >= 11 is 4.95. The largest absolute Gasteiger partial charge is 0.307 e. The standard InChI is InChI=1S/C9H10BrNOS/c1-5-2-6-3-8(10)13-9(6)7(12)4-11-5/h3,5,11H,2,4H2,1H3. The number of fused-ring (bicyclic) bond motifs is 1. The van der Waals surface area contributed by atoms with Gasteiger partial charge in [0.25, 0.3) is 0 Å². The zero-order valence-electron chi connectivity index (χ0n) is 7.26. The Kier molecular flexibility index (Phi) is 2.53. The Morgan fingerprint density at radius 1 is 1.69 bits per heavy atom. The van der Waals surface area contributed by atoms with E-state index in [1.165, 1.54) is 5.56 Å². The van der Waals surface area contributed by atoms with Crippen molar-refractivity contribution in [3.8, 4) is 0 Å². The summed E-state index contributed by atoms with van der Waals surface area (Å²) in [5.41, 5.74) is 1.18. The molecule has 2 rings (SSSR count). The fourth-order valence-electron chi connectivity index (χ4n) is 1.53. The van der Waals surface area contributed by atoms with Gasteiger partial charge in [0.05, 0.1) is 15.2 Å². The van der Waals surface area contributed by atoms with E-state index < -0.39 is 0 Å². The van der Waals surface area contributed by atoms with Crippen LogP contribution in [0.25, 0.3) is 0 Å². The minimum Gasteiger partial charge on any atom is -0.307 e. The van der Waals surface area contributed by atoms with Gasteiger partial charge in [-0.05, 0) is 40.9 Å². The van der Waals surface area contributed by atoms with Crippen LogP contribution in [0, 0.1) is 0 Å².